The Balaban J connectivity index is 1.71. The second-order valence-electron chi connectivity index (χ2n) is 5.54. The Morgan fingerprint density at radius 1 is 0.750 bits per heavy atom. The topological polar surface area (TPSA) is 23.5 Å². The smallest absolute Gasteiger partial charge is 0.0681 e. The number of aliphatic hydroxyl groups excluding tert-OH is 1. The highest BCUT2D eigenvalue weighted by Crippen LogP contribution is 2.21. The van der Waals surface area contributed by atoms with Gasteiger partial charge in [-0.15, -0.1) is 0 Å². The molecular formula is C18H21NO. The summed E-state index contributed by atoms with van der Waals surface area (Å²) in [6.07, 6.45) is 2.69. The summed E-state index contributed by atoms with van der Waals surface area (Å²) in [5, 5.41) is 9.07. The molecule has 2 heteroatoms. The molecule has 0 bridgehead atoms. The van der Waals surface area contributed by atoms with E-state index >= 15 is 0 Å². The molecule has 1 N–H and O–H groups in total. The first-order chi connectivity index (χ1) is 9.85. The number of nitrogens with zero attached hydrogens (tertiary/aromatic N) is 1. The fourth-order valence-corrected chi connectivity index (χ4v) is 2.80. The van der Waals surface area contributed by atoms with Crippen LogP contribution in [0.15, 0.2) is 48.5 Å². The summed E-state index contributed by atoms with van der Waals surface area (Å²) < 4.78 is 0. The number of rotatable bonds is 4. The maximum absolute atomic E-state index is 9.07. The van der Waals surface area contributed by atoms with E-state index in [4.69, 9.17) is 5.11 Å². The van der Waals surface area contributed by atoms with Crippen molar-refractivity contribution in [2.24, 2.45) is 0 Å². The van der Waals surface area contributed by atoms with Crippen molar-refractivity contribution >= 4 is 0 Å². The first-order valence-electron chi connectivity index (χ1n) is 7.36. The van der Waals surface area contributed by atoms with Gasteiger partial charge in [0.05, 0.1) is 6.61 Å². The monoisotopic (exact) mass is 267 g/mol. The van der Waals surface area contributed by atoms with Crippen molar-refractivity contribution in [2.75, 3.05) is 13.1 Å². The van der Waals surface area contributed by atoms with Gasteiger partial charge in [0.2, 0.25) is 0 Å². The molecule has 0 amide bonds. The second-order valence-corrected chi connectivity index (χ2v) is 5.54. The van der Waals surface area contributed by atoms with Crippen molar-refractivity contribution in [3.63, 3.8) is 0 Å². The molecule has 104 valence electrons. The van der Waals surface area contributed by atoms with E-state index < -0.39 is 0 Å². The third kappa shape index (κ3) is 3.09. The predicted octanol–water partition coefficient (Wildman–Crippen LogP) is 3.44. The Hall–Kier alpha value is -1.64. The predicted molar refractivity (Wildman–Crippen MR) is 82.3 cm³/mol. The summed E-state index contributed by atoms with van der Waals surface area (Å²) in [6, 6.07) is 16.9. The van der Waals surface area contributed by atoms with Crippen LogP contribution >= 0.6 is 0 Å². The third-order valence-corrected chi connectivity index (χ3v) is 4.03. The van der Waals surface area contributed by atoms with Crippen LogP contribution in [-0.4, -0.2) is 23.1 Å². The summed E-state index contributed by atoms with van der Waals surface area (Å²) in [6.45, 7) is 3.66. The van der Waals surface area contributed by atoms with Gasteiger partial charge in [-0.25, -0.2) is 0 Å². The van der Waals surface area contributed by atoms with Gasteiger partial charge in [0.1, 0.15) is 0 Å². The van der Waals surface area contributed by atoms with Crippen molar-refractivity contribution in [3.8, 4) is 11.1 Å². The van der Waals surface area contributed by atoms with Crippen LogP contribution < -0.4 is 0 Å². The molecule has 0 aliphatic carbocycles. The van der Waals surface area contributed by atoms with Crippen molar-refractivity contribution in [1.29, 1.82) is 0 Å². The number of aliphatic hydroxyl groups is 1. The molecule has 3 rings (SSSR count). The molecule has 1 aliphatic heterocycles. The highest BCUT2D eigenvalue weighted by Gasteiger charge is 2.11. The van der Waals surface area contributed by atoms with Crippen LogP contribution in [0.3, 0.4) is 0 Å². The van der Waals surface area contributed by atoms with Gasteiger partial charge in [-0.3, -0.25) is 4.90 Å². The van der Waals surface area contributed by atoms with Gasteiger partial charge < -0.3 is 5.11 Å². The number of hydrogen-bond donors (Lipinski definition) is 1. The zero-order valence-electron chi connectivity index (χ0n) is 11.8. The lowest BCUT2D eigenvalue weighted by molar-refractivity contribution is 0.282. The Morgan fingerprint density at radius 3 is 1.75 bits per heavy atom. The van der Waals surface area contributed by atoms with E-state index in [2.05, 4.69) is 41.3 Å². The molecule has 1 aliphatic rings. The van der Waals surface area contributed by atoms with Crippen molar-refractivity contribution in [1.82, 2.24) is 4.90 Å². The Morgan fingerprint density at radius 2 is 1.25 bits per heavy atom. The summed E-state index contributed by atoms with van der Waals surface area (Å²) in [5.41, 5.74) is 4.79. The zero-order chi connectivity index (χ0) is 13.8. The number of benzene rings is 2. The van der Waals surface area contributed by atoms with Gasteiger partial charge in [0.25, 0.3) is 0 Å². The van der Waals surface area contributed by atoms with Crippen molar-refractivity contribution < 1.29 is 5.11 Å². The van der Waals surface area contributed by atoms with E-state index in [-0.39, 0.29) is 6.61 Å². The number of likely N-dealkylation sites (tertiary alicyclic amines) is 1. The van der Waals surface area contributed by atoms with Crippen LogP contribution in [0.4, 0.5) is 0 Å². The van der Waals surface area contributed by atoms with E-state index in [0.717, 1.165) is 12.1 Å². The zero-order valence-corrected chi connectivity index (χ0v) is 11.8. The highest BCUT2D eigenvalue weighted by molar-refractivity contribution is 5.63. The van der Waals surface area contributed by atoms with E-state index in [1.807, 2.05) is 12.1 Å². The standard InChI is InChI=1S/C18H21NO/c20-14-16-5-9-18(10-6-16)17-7-3-15(4-8-17)13-19-11-1-2-12-19/h3-10,20H,1-2,11-14H2. The SMILES string of the molecule is OCc1ccc(-c2ccc(CN3CCCC3)cc2)cc1. The van der Waals surface area contributed by atoms with Crippen LogP contribution in [0.25, 0.3) is 11.1 Å². The molecule has 0 radical (unpaired) electrons. The average molecular weight is 267 g/mol. The largest absolute Gasteiger partial charge is 0.392 e. The van der Waals surface area contributed by atoms with Crippen LogP contribution in [0.5, 0.6) is 0 Å². The van der Waals surface area contributed by atoms with Gasteiger partial charge in [0.15, 0.2) is 0 Å². The van der Waals surface area contributed by atoms with Gasteiger partial charge in [-0.2, -0.15) is 0 Å². The molecule has 20 heavy (non-hydrogen) atoms. The molecule has 2 aromatic rings. The lowest BCUT2D eigenvalue weighted by Gasteiger charge is -2.14. The maximum Gasteiger partial charge on any atom is 0.0681 e. The van der Waals surface area contributed by atoms with Crippen LogP contribution in [0.1, 0.15) is 24.0 Å². The van der Waals surface area contributed by atoms with Gasteiger partial charge >= 0.3 is 0 Å². The van der Waals surface area contributed by atoms with Crippen LogP contribution in [0.2, 0.25) is 0 Å². The molecular weight excluding hydrogens is 246 g/mol. The lowest BCUT2D eigenvalue weighted by Crippen LogP contribution is -2.18. The van der Waals surface area contributed by atoms with Crippen LogP contribution in [0, 0.1) is 0 Å². The third-order valence-electron chi connectivity index (χ3n) is 4.03. The first-order valence-corrected chi connectivity index (χ1v) is 7.36. The Bertz CT molecular complexity index is 539. The van der Waals surface area contributed by atoms with Crippen molar-refractivity contribution in [3.05, 3.63) is 59.7 Å². The minimum absolute atomic E-state index is 0.106. The summed E-state index contributed by atoms with van der Waals surface area (Å²) in [5.74, 6) is 0. The Labute approximate surface area is 120 Å². The normalized spacial score (nSPS) is 15.7. The molecule has 2 nitrogen and oxygen atoms in total. The molecule has 1 saturated heterocycles. The quantitative estimate of drug-likeness (QED) is 0.917. The molecule has 2 aromatic carbocycles. The fourth-order valence-electron chi connectivity index (χ4n) is 2.80. The molecule has 0 aromatic heterocycles. The minimum Gasteiger partial charge on any atom is -0.392 e. The second kappa shape index (κ2) is 6.21. The fraction of sp³-hybridized carbons (Fsp3) is 0.333. The van der Waals surface area contributed by atoms with Gasteiger partial charge in [-0.05, 0) is 48.2 Å². The molecule has 1 heterocycles. The summed E-state index contributed by atoms with van der Waals surface area (Å²) in [4.78, 5) is 2.52. The van der Waals surface area contributed by atoms with E-state index in [1.54, 1.807) is 0 Å². The molecule has 0 atom stereocenters. The minimum atomic E-state index is 0.106. The average Bonchev–Trinajstić information content (AvgIpc) is 3.01. The first kappa shape index (κ1) is 13.3. The van der Waals surface area contributed by atoms with E-state index in [1.165, 1.54) is 42.6 Å². The van der Waals surface area contributed by atoms with Crippen LogP contribution in [-0.2, 0) is 13.2 Å². The maximum atomic E-state index is 9.07. The molecule has 0 spiro atoms. The van der Waals surface area contributed by atoms with E-state index in [0.29, 0.717) is 0 Å². The summed E-state index contributed by atoms with van der Waals surface area (Å²) in [7, 11) is 0. The van der Waals surface area contributed by atoms with Gasteiger partial charge in [-0.1, -0.05) is 48.5 Å². The summed E-state index contributed by atoms with van der Waals surface area (Å²) >= 11 is 0. The number of hydrogen-bond acceptors (Lipinski definition) is 2. The van der Waals surface area contributed by atoms with Gasteiger partial charge in [0, 0.05) is 6.54 Å². The lowest BCUT2D eigenvalue weighted by atomic mass is 10.0. The molecule has 0 saturated carbocycles. The Kier molecular flexibility index (Phi) is 4.14. The highest BCUT2D eigenvalue weighted by atomic mass is 16.3. The molecule has 1 fully saturated rings. The van der Waals surface area contributed by atoms with Crippen molar-refractivity contribution in [2.45, 2.75) is 26.0 Å². The van der Waals surface area contributed by atoms with E-state index in [9.17, 15) is 0 Å². The molecule has 0 unspecified atom stereocenters.